The molecule has 0 amide bonds. The van der Waals surface area contributed by atoms with Gasteiger partial charge in [0.15, 0.2) is 5.67 Å². The van der Waals surface area contributed by atoms with Crippen LogP contribution in [0.3, 0.4) is 0 Å². The van der Waals surface area contributed by atoms with Gasteiger partial charge in [-0.3, -0.25) is 4.98 Å². The van der Waals surface area contributed by atoms with Gasteiger partial charge in [-0.25, -0.2) is 19.0 Å². The highest BCUT2D eigenvalue weighted by Gasteiger charge is 2.33. The summed E-state index contributed by atoms with van der Waals surface area (Å²) in [5.41, 5.74) is 6.86. The number of aryl methyl sites for hydroxylation is 1. The van der Waals surface area contributed by atoms with E-state index in [4.69, 9.17) is 23.7 Å². The molecular formula is C46H52FN3O7. The van der Waals surface area contributed by atoms with Crippen LogP contribution in [0.1, 0.15) is 89.6 Å². The predicted octanol–water partition coefficient (Wildman–Crippen LogP) is 8.72. The van der Waals surface area contributed by atoms with Crippen molar-refractivity contribution in [1.82, 2.24) is 9.97 Å². The van der Waals surface area contributed by atoms with E-state index in [1.807, 2.05) is 24.7 Å². The summed E-state index contributed by atoms with van der Waals surface area (Å²) in [5, 5.41) is 0. The maximum absolute atomic E-state index is 15.7. The molecule has 2 aromatic carbocycles. The summed E-state index contributed by atoms with van der Waals surface area (Å²) in [7, 11) is 2.54. The molecule has 10 nitrogen and oxygen atoms in total. The van der Waals surface area contributed by atoms with Crippen molar-refractivity contribution < 1.29 is 37.7 Å². The lowest BCUT2D eigenvalue weighted by Crippen LogP contribution is -2.40. The monoisotopic (exact) mass is 777 g/mol. The minimum Gasteiger partial charge on any atom is -0.474 e. The molecule has 1 saturated carbocycles. The molecule has 57 heavy (non-hydrogen) atoms. The van der Waals surface area contributed by atoms with Gasteiger partial charge < -0.3 is 28.6 Å². The molecule has 2 atom stereocenters. The Hall–Kier alpha value is -5.13. The van der Waals surface area contributed by atoms with Crippen LogP contribution in [0.4, 0.5) is 10.1 Å². The number of halogens is 1. The first-order chi connectivity index (χ1) is 27.7. The van der Waals surface area contributed by atoms with Crippen molar-refractivity contribution in [3.63, 3.8) is 0 Å². The molecule has 3 heterocycles. The van der Waals surface area contributed by atoms with Crippen molar-refractivity contribution in [2.45, 2.75) is 88.2 Å². The molecule has 0 bridgehead atoms. The third-order valence-corrected chi connectivity index (χ3v) is 11.7. The zero-order chi connectivity index (χ0) is 39.9. The number of piperidine rings is 1. The Bertz CT molecular complexity index is 2040. The summed E-state index contributed by atoms with van der Waals surface area (Å²) >= 11 is 0. The van der Waals surface area contributed by atoms with Crippen LogP contribution in [0.25, 0.3) is 22.3 Å². The van der Waals surface area contributed by atoms with Gasteiger partial charge in [0.2, 0.25) is 5.88 Å². The molecule has 1 aliphatic heterocycles. The number of rotatable bonds is 15. The second-order valence-corrected chi connectivity index (χ2v) is 15.4. The predicted molar refractivity (Wildman–Crippen MR) is 217 cm³/mol. The van der Waals surface area contributed by atoms with Gasteiger partial charge in [-0.1, -0.05) is 37.8 Å². The van der Waals surface area contributed by atoms with Gasteiger partial charge in [-0.2, -0.15) is 0 Å². The van der Waals surface area contributed by atoms with Crippen LogP contribution in [0, 0.1) is 0 Å². The van der Waals surface area contributed by atoms with E-state index in [-0.39, 0.29) is 42.5 Å². The molecule has 11 heteroatoms. The van der Waals surface area contributed by atoms with Crippen molar-refractivity contribution in [1.29, 1.82) is 0 Å². The molecule has 3 aliphatic rings. The largest absolute Gasteiger partial charge is 0.474 e. The number of pyridine rings is 2. The quantitative estimate of drug-likeness (QED) is 0.0661. The van der Waals surface area contributed by atoms with Crippen LogP contribution in [-0.4, -0.2) is 86.4 Å². The molecule has 0 N–H and O–H groups in total. The minimum atomic E-state index is -1.65. The number of anilines is 1. The lowest BCUT2D eigenvalue weighted by molar-refractivity contribution is -0.0672. The van der Waals surface area contributed by atoms with Crippen LogP contribution < -0.4 is 9.64 Å². The van der Waals surface area contributed by atoms with Gasteiger partial charge in [-0.05, 0) is 97.0 Å². The maximum Gasteiger partial charge on any atom is 0.338 e. The fraction of sp³-hybridized carbons (Fsp3) is 0.435. The summed E-state index contributed by atoms with van der Waals surface area (Å²) in [6.07, 6.45) is 13.0. The van der Waals surface area contributed by atoms with Gasteiger partial charge in [0.1, 0.15) is 6.10 Å². The van der Waals surface area contributed by atoms with Gasteiger partial charge in [0.25, 0.3) is 0 Å². The normalized spacial score (nSPS) is 20.2. The number of fused-ring (bicyclic) bond motifs is 3. The maximum atomic E-state index is 15.7. The average Bonchev–Trinajstić information content (AvgIpc) is 3.38. The molecule has 300 valence electrons. The molecule has 2 aliphatic carbocycles. The summed E-state index contributed by atoms with van der Waals surface area (Å²) in [6, 6.07) is 17.8. The lowest BCUT2D eigenvalue weighted by Gasteiger charge is -2.35. The number of esters is 2. The Balaban J connectivity index is 0.803. The molecule has 0 spiro atoms. The van der Waals surface area contributed by atoms with E-state index >= 15 is 4.39 Å². The first-order valence-electron chi connectivity index (χ1n) is 20.0. The SMILES string of the molecule is C=CC(F)(CCCOC1CC(Oc2ccc(-c3ccc4c(c3)CCC(C)c3ccncc3-4)cn2)C1)COC1CCN(c2ccc(C(=O)OC)c(C(=O)OC)c2)CC1. The highest BCUT2D eigenvalue weighted by molar-refractivity contribution is 6.04. The van der Waals surface area contributed by atoms with E-state index < -0.39 is 17.6 Å². The minimum absolute atomic E-state index is 0.0406. The van der Waals surface area contributed by atoms with Crippen molar-refractivity contribution in [3.05, 3.63) is 108 Å². The zero-order valence-corrected chi connectivity index (χ0v) is 33.1. The number of alkyl halides is 1. The van der Waals surface area contributed by atoms with Crippen molar-refractivity contribution in [2.24, 2.45) is 0 Å². The van der Waals surface area contributed by atoms with Crippen LogP contribution in [0.2, 0.25) is 0 Å². The molecule has 4 aromatic rings. The number of benzene rings is 2. The van der Waals surface area contributed by atoms with E-state index in [0.717, 1.165) is 42.5 Å². The smallest absolute Gasteiger partial charge is 0.338 e. The van der Waals surface area contributed by atoms with Gasteiger partial charge >= 0.3 is 11.9 Å². The Morgan fingerprint density at radius 2 is 1.65 bits per heavy atom. The van der Waals surface area contributed by atoms with Crippen LogP contribution in [0.15, 0.2) is 85.8 Å². The topological polar surface area (TPSA) is 109 Å². The molecule has 1 saturated heterocycles. The zero-order valence-electron chi connectivity index (χ0n) is 33.1. The van der Waals surface area contributed by atoms with E-state index in [1.165, 1.54) is 42.5 Å². The molecule has 7 rings (SSSR count). The van der Waals surface area contributed by atoms with Gasteiger partial charge in [0, 0.05) is 74.0 Å². The van der Waals surface area contributed by atoms with Crippen LogP contribution in [-0.2, 0) is 25.4 Å². The fourth-order valence-corrected chi connectivity index (χ4v) is 8.05. The van der Waals surface area contributed by atoms with Crippen molar-refractivity contribution in [3.8, 4) is 28.1 Å². The number of methoxy groups -OCH3 is 2. The average molecular weight is 778 g/mol. The van der Waals surface area contributed by atoms with E-state index in [9.17, 15) is 9.59 Å². The van der Waals surface area contributed by atoms with Crippen LogP contribution >= 0.6 is 0 Å². The summed E-state index contributed by atoms with van der Waals surface area (Å²) in [4.78, 5) is 35.6. The number of nitrogens with zero attached hydrogens (tertiary/aromatic N) is 3. The number of ether oxygens (including phenoxy) is 5. The highest BCUT2D eigenvalue weighted by atomic mass is 19.1. The van der Waals surface area contributed by atoms with Crippen molar-refractivity contribution >= 4 is 17.6 Å². The Morgan fingerprint density at radius 1 is 0.877 bits per heavy atom. The molecule has 2 unspecified atom stereocenters. The number of aromatic nitrogens is 2. The van der Waals surface area contributed by atoms with Crippen molar-refractivity contribution in [2.75, 3.05) is 45.4 Å². The number of carbonyl (C=O) groups excluding carboxylic acids is 2. The standard InChI is InChI=1S/C46H52FN3O7/c1-5-46(47,29-56-35-16-20-50(21-17-35)34-11-13-40(44(51)53-3)41(24-34)45(52)54-4)18-6-22-55-36-25-37(26-36)57-43-14-10-33(27-49-43)31-9-12-39-32(23-31)8-7-30(2)38-15-19-48-28-42(38)39/h5,9-15,19,23-24,27-28,30,35-37H,1,6-8,16-18,20-22,25-26,29H2,2-4H3. The third kappa shape index (κ3) is 9.37. The molecule has 2 aromatic heterocycles. The number of hydrogen-bond donors (Lipinski definition) is 0. The second-order valence-electron chi connectivity index (χ2n) is 15.4. The molecule has 0 radical (unpaired) electrons. The first-order valence-corrected chi connectivity index (χ1v) is 20.0. The van der Waals surface area contributed by atoms with E-state index in [2.05, 4.69) is 58.7 Å². The lowest BCUT2D eigenvalue weighted by atomic mass is 9.92. The van der Waals surface area contributed by atoms with E-state index in [1.54, 1.807) is 18.2 Å². The third-order valence-electron chi connectivity index (χ3n) is 11.7. The summed E-state index contributed by atoms with van der Waals surface area (Å²) in [5.74, 6) is -0.114. The fourth-order valence-electron chi connectivity index (χ4n) is 8.05. The molecule has 2 fully saturated rings. The van der Waals surface area contributed by atoms with E-state index in [0.29, 0.717) is 50.8 Å². The van der Waals surface area contributed by atoms with Gasteiger partial charge in [-0.15, -0.1) is 0 Å². The van der Waals surface area contributed by atoms with Gasteiger partial charge in [0.05, 0.1) is 44.2 Å². The Kier molecular flexibility index (Phi) is 12.6. The number of hydrogen-bond acceptors (Lipinski definition) is 10. The molecular weight excluding hydrogens is 726 g/mol. The Morgan fingerprint density at radius 3 is 2.39 bits per heavy atom. The Labute approximate surface area is 334 Å². The first kappa shape index (κ1) is 40.1. The number of carbonyl (C=O) groups is 2. The summed E-state index contributed by atoms with van der Waals surface area (Å²) in [6.45, 7) is 7.73. The highest BCUT2D eigenvalue weighted by Crippen LogP contribution is 2.39. The summed E-state index contributed by atoms with van der Waals surface area (Å²) < 4.78 is 43.6. The second kappa shape index (κ2) is 18.0. The van der Waals surface area contributed by atoms with Crippen LogP contribution in [0.5, 0.6) is 5.88 Å².